The number of anilines is 1. The molecule has 0 aliphatic rings. The van der Waals surface area contributed by atoms with Gasteiger partial charge in [-0.2, -0.15) is 0 Å². The minimum Gasteiger partial charge on any atom is -0.352 e. The molecule has 1 aromatic heterocycles. The van der Waals surface area contributed by atoms with Crippen molar-refractivity contribution in [3.8, 4) is 0 Å². The van der Waals surface area contributed by atoms with Gasteiger partial charge in [-0.15, -0.1) is 0 Å². The molecule has 24 heavy (non-hydrogen) atoms. The zero-order valence-corrected chi connectivity index (χ0v) is 14.3. The van der Waals surface area contributed by atoms with Crippen LogP contribution in [-0.4, -0.2) is 16.8 Å². The van der Waals surface area contributed by atoms with Gasteiger partial charge in [0.25, 0.3) is 5.91 Å². The van der Waals surface area contributed by atoms with E-state index in [2.05, 4.69) is 15.6 Å². The summed E-state index contributed by atoms with van der Waals surface area (Å²) >= 11 is 0. The number of hydrogen-bond acceptors (Lipinski definition) is 3. The summed E-state index contributed by atoms with van der Waals surface area (Å²) in [5, 5.41) is 5.70. The van der Waals surface area contributed by atoms with E-state index >= 15 is 0 Å². The van der Waals surface area contributed by atoms with Crippen molar-refractivity contribution in [2.75, 3.05) is 5.32 Å². The van der Waals surface area contributed by atoms with Crippen LogP contribution in [0.4, 0.5) is 5.69 Å². The van der Waals surface area contributed by atoms with Crippen molar-refractivity contribution < 1.29 is 9.59 Å². The molecule has 126 valence electrons. The first-order chi connectivity index (χ1) is 11.3. The van der Waals surface area contributed by atoms with Crippen LogP contribution in [0.2, 0.25) is 0 Å². The van der Waals surface area contributed by atoms with Crippen molar-refractivity contribution in [1.82, 2.24) is 10.3 Å². The molecule has 0 aliphatic carbocycles. The molecular weight excluding hydrogens is 302 g/mol. The lowest BCUT2D eigenvalue weighted by Crippen LogP contribution is -2.27. The Bertz CT molecular complexity index is 689. The maximum absolute atomic E-state index is 12.1. The standard InChI is InChI=1S/C19H23N3O2/c1-19(2,3)12-17(23)21-13-14-4-6-15(7-5-14)18(24)22-16-8-10-20-11-9-16/h4-11H,12-13H2,1-3H3,(H,21,23)(H,20,22,24). The Morgan fingerprint density at radius 2 is 1.62 bits per heavy atom. The summed E-state index contributed by atoms with van der Waals surface area (Å²) in [6.07, 6.45) is 3.73. The molecular formula is C19H23N3O2. The van der Waals surface area contributed by atoms with Gasteiger partial charge in [-0.05, 0) is 35.2 Å². The van der Waals surface area contributed by atoms with Gasteiger partial charge < -0.3 is 10.6 Å². The molecule has 0 spiro atoms. The lowest BCUT2D eigenvalue weighted by atomic mass is 9.92. The van der Waals surface area contributed by atoms with Crippen LogP contribution < -0.4 is 10.6 Å². The predicted octanol–water partition coefficient (Wildman–Crippen LogP) is 3.39. The van der Waals surface area contributed by atoms with E-state index in [1.807, 2.05) is 32.9 Å². The van der Waals surface area contributed by atoms with E-state index in [0.29, 0.717) is 24.2 Å². The molecule has 0 atom stereocenters. The lowest BCUT2D eigenvalue weighted by Gasteiger charge is -2.17. The summed E-state index contributed by atoms with van der Waals surface area (Å²) in [7, 11) is 0. The summed E-state index contributed by atoms with van der Waals surface area (Å²) < 4.78 is 0. The molecule has 0 radical (unpaired) electrons. The van der Waals surface area contributed by atoms with Gasteiger partial charge in [0.15, 0.2) is 0 Å². The van der Waals surface area contributed by atoms with Gasteiger partial charge in [0.2, 0.25) is 5.91 Å². The average molecular weight is 325 g/mol. The molecule has 2 rings (SSSR count). The second-order valence-corrected chi connectivity index (χ2v) is 6.90. The van der Waals surface area contributed by atoms with Crippen LogP contribution in [-0.2, 0) is 11.3 Å². The first kappa shape index (κ1) is 17.7. The zero-order chi connectivity index (χ0) is 17.6. The number of carbonyl (C=O) groups is 2. The van der Waals surface area contributed by atoms with Crippen molar-refractivity contribution >= 4 is 17.5 Å². The van der Waals surface area contributed by atoms with E-state index in [9.17, 15) is 9.59 Å². The third-order valence-corrected chi connectivity index (χ3v) is 3.33. The van der Waals surface area contributed by atoms with E-state index in [4.69, 9.17) is 0 Å². The molecule has 0 bridgehead atoms. The average Bonchev–Trinajstić information content (AvgIpc) is 2.53. The monoisotopic (exact) mass is 325 g/mol. The van der Waals surface area contributed by atoms with E-state index < -0.39 is 0 Å². The summed E-state index contributed by atoms with van der Waals surface area (Å²) in [5.41, 5.74) is 2.20. The SMILES string of the molecule is CC(C)(C)CC(=O)NCc1ccc(C(=O)Nc2ccncc2)cc1. The van der Waals surface area contributed by atoms with Crippen LogP contribution in [0.5, 0.6) is 0 Å². The number of nitrogens with one attached hydrogen (secondary N) is 2. The van der Waals surface area contributed by atoms with Crippen LogP contribution in [0.25, 0.3) is 0 Å². The fourth-order valence-electron chi connectivity index (χ4n) is 2.16. The Morgan fingerprint density at radius 1 is 1.00 bits per heavy atom. The Morgan fingerprint density at radius 3 is 2.21 bits per heavy atom. The van der Waals surface area contributed by atoms with Crippen molar-refractivity contribution in [3.05, 3.63) is 59.9 Å². The molecule has 5 heteroatoms. The number of nitrogens with zero attached hydrogens (tertiary/aromatic N) is 1. The number of benzene rings is 1. The van der Waals surface area contributed by atoms with Gasteiger partial charge in [0, 0.05) is 36.6 Å². The van der Waals surface area contributed by atoms with E-state index in [-0.39, 0.29) is 17.2 Å². The fourth-order valence-corrected chi connectivity index (χ4v) is 2.16. The van der Waals surface area contributed by atoms with Crippen LogP contribution >= 0.6 is 0 Å². The van der Waals surface area contributed by atoms with Gasteiger partial charge in [0.1, 0.15) is 0 Å². The van der Waals surface area contributed by atoms with Gasteiger partial charge >= 0.3 is 0 Å². The minimum atomic E-state index is -0.176. The highest BCUT2D eigenvalue weighted by Crippen LogP contribution is 2.18. The quantitative estimate of drug-likeness (QED) is 0.885. The highest BCUT2D eigenvalue weighted by atomic mass is 16.2. The molecule has 0 aliphatic heterocycles. The number of aromatic nitrogens is 1. The molecule has 0 saturated carbocycles. The first-order valence-corrected chi connectivity index (χ1v) is 7.90. The molecule has 2 amide bonds. The lowest BCUT2D eigenvalue weighted by molar-refractivity contribution is -0.122. The van der Waals surface area contributed by atoms with Crippen molar-refractivity contribution in [2.24, 2.45) is 5.41 Å². The highest BCUT2D eigenvalue weighted by molar-refractivity contribution is 6.04. The molecule has 0 fully saturated rings. The molecule has 2 N–H and O–H groups in total. The Balaban J connectivity index is 1.88. The van der Waals surface area contributed by atoms with Gasteiger partial charge in [-0.25, -0.2) is 0 Å². The first-order valence-electron chi connectivity index (χ1n) is 7.90. The fraction of sp³-hybridized carbons (Fsp3) is 0.316. The third-order valence-electron chi connectivity index (χ3n) is 3.33. The van der Waals surface area contributed by atoms with Gasteiger partial charge in [-0.3, -0.25) is 14.6 Å². The molecule has 2 aromatic rings. The van der Waals surface area contributed by atoms with Gasteiger partial charge in [0.05, 0.1) is 0 Å². The van der Waals surface area contributed by atoms with Crippen LogP contribution in [0.15, 0.2) is 48.8 Å². The number of amides is 2. The van der Waals surface area contributed by atoms with Crippen LogP contribution in [0.3, 0.4) is 0 Å². The van der Waals surface area contributed by atoms with Crippen LogP contribution in [0, 0.1) is 5.41 Å². The normalized spacial score (nSPS) is 11.0. The minimum absolute atomic E-state index is 0.0288. The molecule has 1 heterocycles. The number of carbonyl (C=O) groups excluding carboxylic acids is 2. The molecule has 1 aromatic carbocycles. The summed E-state index contributed by atoms with van der Waals surface area (Å²) in [5.74, 6) is -0.147. The van der Waals surface area contributed by atoms with Crippen molar-refractivity contribution in [1.29, 1.82) is 0 Å². The predicted molar refractivity (Wildman–Crippen MR) is 94.6 cm³/mol. The second-order valence-electron chi connectivity index (χ2n) is 6.90. The topological polar surface area (TPSA) is 71.1 Å². The number of hydrogen-bond donors (Lipinski definition) is 2. The Labute approximate surface area is 142 Å². The highest BCUT2D eigenvalue weighted by Gasteiger charge is 2.15. The summed E-state index contributed by atoms with van der Waals surface area (Å²) in [6.45, 7) is 6.55. The van der Waals surface area contributed by atoms with Crippen molar-refractivity contribution in [2.45, 2.75) is 33.7 Å². The maximum atomic E-state index is 12.1. The largest absolute Gasteiger partial charge is 0.352 e. The third kappa shape index (κ3) is 5.83. The Kier molecular flexibility index (Phi) is 5.68. The molecule has 0 unspecified atom stereocenters. The molecule has 5 nitrogen and oxygen atoms in total. The van der Waals surface area contributed by atoms with E-state index in [1.165, 1.54) is 0 Å². The summed E-state index contributed by atoms with van der Waals surface area (Å²) in [4.78, 5) is 27.9. The maximum Gasteiger partial charge on any atom is 0.255 e. The number of pyridine rings is 1. The second kappa shape index (κ2) is 7.73. The van der Waals surface area contributed by atoms with Crippen LogP contribution in [0.1, 0.15) is 43.1 Å². The van der Waals surface area contributed by atoms with Gasteiger partial charge in [-0.1, -0.05) is 32.9 Å². The smallest absolute Gasteiger partial charge is 0.255 e. The summed E-state index contributed by atoms with van der Waals surface area (Å²) in [6, 6.07) is 10.7. The Hall–Kier alpha value is -2.69. The number of rotatable bonds is 5. The van der Waals surface area contributed by atoms with E-state index in [1.54, 1.807) is 36.7 Å². The zero-order valence-electron chi connectivity index (χ0n) is 14.3. The van der Waals surface area contributed by atoms with E-state index in [0.717, 1.165) is 5.56 Å². The van der Waals surface area contributed by atoms with Crippen molar-refractivity contribution in [3.63, 3.8) is 0 Å². The molecule has 0 saturated heterocycles.